The second-order valence-corrected chi connectivity index (χ2v) is 4.10. The number of hydrogen-bond donors (Lipinski definition) is 3. The molecule has 0 aromatic heterocycles. The van der Waals surface area contributed by atoms with Crippen LogP contribution in [-0.4, -0.2) is 28.8 Å². The van der Waals surface area contributed by atoms with Gasteiger partial charge in [0.15, 0.2) is 5.11 Å². The SMILES string of the molecule is CCC(CO)NC(=S)NC(=O)c1ccccc1F. The molecule has 1 amide bonds. The molecule has 18 heavy (non-hydrogen) atoms. The largest absolute Gasteiger partial charge is 0.394 e. The van der Waals surface area contributed by atoms with Gasteiger partial charge in [-0.2, -0.15) is 0 Å². The zero-order valence-corrected chi connectivity index (χ0v) is 10.8. The average molecular weight is 270 g/mol. The molecule has 0 saturated heterocycles. The number of aliphatic hydroxyl groups is 1. The Morgan fingerprint density at radius 3 is 2.72 bits per heavy atom. The molecule has 0 saturated carbocycles. The number of rotatable bonds is 4. The van der Waals surface area contributed by atoms with Crippen molar-refractivity contribution in [1.82, 2.24) is 10.6 Å². The van der Waals surface area contributed by atoms with E-state index in [0.717, 1.165) is 0 Å². The van der Waals surface area contributed by atoms with Gasteiger partial charge in [0, 0.05) is 0 Å². The number of amides is 1. The third kappa shape index (κ3) is 4.05. The Bertz CT molecular complexity index is 436. The number of thiocarbonyl (C=S) groups is 1. The summed E-state index contributed by atoms with van der Waals surface area (Å²) in [4.78, 5) is 11.7. The number of nitrogens with one attached hydrogen (secondary N) is 2. The molecule has 0 radical (unpaired) electrons. The number of hydrogen-bond acceptors (Lipinski definition) is 3. The highest BCUT2D eigenvalue weighted by Crippen LogP contribution is 2.05. The van der Waals surface area contributed by atoms with Crippen LogP contribution in [0.2, 0.25) is 0 Å². The van der Waals surface area contributed by atoms with E-state index in [0.29, 0.717) is 6.42 Å². The van der Waals surface area contributed by atoms with Gasteiger partial charge in [0.2, 0.25) is 0 Å². The van der Waals surface area contributed by atoms with E-state index >= 15 is 0 Å². The molecule has 1 aromatic rings. The van der Waals surface area contributed by atoms with E-state index in [1.165, 1.54) is 18.2 Å². The monoisotopic (exact) mass is 270 g/mol. The van der Waals surface area contributed by atoms with Crippen LogP contribution in [0, 0.1) is 5.82 Å². The summed E-state index contributed by atoms with van der Waals surface area (Å²) in [5.41, 5.74) is -0.0707. The predicted molar refractivity (Wildman–Crippen MR) is 70.8 cm³/mol. The number of aliphatic hydroxyl groups excluding tert-OH is 1. The van der Waals surface area contributed by atoms with Crippen LogP contribution >= 0.6 is 12.2 Å². The van der Waals surface area contributed by atoms with Crippen LogP contribution in [0.4, 0.5) is 4.39 Å². The molecule has 0 fully saturated rings. The van der Waals surface area contributed by atoms with Crippen molar-refractivity contribution < 1.29 is 14.3 Å². The smallest absolute Gasteiger partial charge is 0.260 e. The minimum Gasteiger partial charge on any atom is -0.394 e. The van der Waals surface area contributed by atoms with Gasteiger partial charge in [-0.25, -0.2) is 4.39 Å². The molecule has 0 aliphatic carbocycles. The molecule has 1 atom stereocenters. The highest BCUT2D eigenvalue weighted by Gasteiger charge is 2.13. The number of carbonyl (C=O) groups is 1. The lowest BCUT2D eigenvalue weighted by Gasteiger charge is -2.16. The van der Waals surface area contributed by atoms with Crippen LogP contribution in [-0.2, 0) is 0 Å². The minimum atomic E-state index is -0.613. The summed E-state index contributed by atoms with van der Waals surface area (Å²) < 4.78 is 13.3. The molecule has 6 heteroatoms. The van der Waals surface area contributed by atoms with Crippen molar-refractivity contribution in [2.24, 2.45) is 0 Å². The maximum atomic E-state index is 13.3. The van der Waals surface area contributed by atoms with Crippen LogP contribution in [0.5, 0.6) is 0 Å². The summed E-state index contributed by atoms with van der Waals surface area (Å²) in [6.45, 7) is 1.78. The quantitative estimate of drug-likeness (QED) is 0.720. The van der Waals surface area contributed by atoms with Gasteiger partial charge in [-0.1, -0.05) is 19.1 Å². The van der Waals surface area contributed by atoms with Gasteiger partial charge in [-0.05, 0) is 30.8 Å². The molecule has 1 unspecified atom stereocenters. The van der Waals surface area contributed by atoms with E-state index in [1.54, 1.807) is 6.07 Å². The fraction of sp³-hybridized carbons (Fsp3) is 0.333. The molecule has 98 valence electrons. The molecule has 0 aliphatic heterocycles. The molecular weight excluding hydrogens is 255 g/mol. The zero-order valence-electron chi connectivity index (χ0n) is 9.94. The van der Waals surface area contributed by atoms with E-state index < -0.39 is 11.7 Å². The Hall–Kier alpha value is -1.53. The second kappa shape index (κ2) is 7.03. The van der Waals surface area contributed by atoms with Crippen molar-refractivity contribution in [1.29, 1.82) is 0 Å². The third-order valence-corrected chi connectivity index (χ3v) is 2.61. The van der Waals surface area contributed by atoms with E-state index in [9.17, 15) is 9.18 Å². The molecule has 1 rings (SSSR count). The minimum absolute atomic E-state index is 0.0707. The van der Waals surface area contributed by atoms with Crippen molar-refractivity contribution in [2.75, 3.05) is 6.61 Å². The maximum Gasteiger partial charge on any atom is 0.260 e. The summed E-state index contributed by atoms with van der Waals surface area (Å²) in [5.74, 6) is -1.22. The van der Waals surface area contributed by atoms with E-state index in [1.807, 2.05) is 6.92 Å². The van der Waals surface area contributed by atoms with Crippen molar-refractivity contribution in [3.05, 3.63) is 35.6 Å². The van der Waals surface area contributed by atoms with Crippen molar-refractivity contribution in [3.8, 4) is 0 Å². The van der Waals surface area contributed by atoms with Gasteiger partial charge in [0.25, 0.3) is 5.91 Å². The fourth-order valence-electron chi connectivity index (χ4n) is 1.31. The molecule has 0 heterocycles. The standard InChI is InChI=1S/C12H15FN2O2S/c1-2-8(7-16)14-12(18)15-11(17)9-5-3-4-6-10(9)13/h3-6,8,16H,2,7H2,1H3,(H2,14,15,17,18). The van der Waals surface area contributed by atoms with Gasteiger partial charge in [-0.3, -0.25) is 10.1 Å². The zero-order chi connectivity index (χ0) is 13.5. The predicted octanol–water partition coefficient (Wildman–Crippen LogP) is 1.20. The van der Waals surface area contributed by atoms with Crippen LogP contribution in [0.15, 0.2) is 24.3 Å². The summed E-state index contributed by atoms with van der Waals surface area (Å²) >= 11 is 4.91. The number of benzene rings is 1. The fourth-order valence-corrected chi connectivity index (χ4v) is 1.57. The lowest BCUT2D eigenvalue weighted by molar-refractivity contribution is 0.0972. The molecule has 4 nitrogen and oxygen atoms in total. The third-order valence-electron chi connectivity index (χ3n) is 2.39. The number of carbonyl (C=O) groups excluding carboxylic acids is 1. The van der Waals surface area contributed by atoms with Crippen LogP contribution in [0.3, 0.4) is 0 Å². The normalized spacial score (nSPS) is 11.7. The maximum absolute atomic E-state index is 13.3. The Morgan fingerprint density at radius 1 is 1.50 bits per heavy atom. The molecular formula is C12H15FN2O2S. The van der Waals surface area contributed by atoms with Gasteiger partial charge < -0.3 is 10.4 Å². The molecule has 0 bridgehead atoms. The lowest BCUT2D eigenvalue weighted by Crippen LogP contribution is -2.45. The van der Waals surface area contributed by atoms with E-state index in [-0.39, 0.29) is 23.3 Å². The number of halogens is 1. The Morgan fingerprint density at radius 2 is 2.17 bits per heavy atom. The molecule has 3 N–H and O–H groups in total. The van der Waals surface area contributed by atoms with Crippen molar-refractivity contribution in [3.63, 3.8) is 0 Å². The Kier molecular flexibility index (Phi) is 5.67. The van der Waals surface area contributed by atoms with E-state index in [2.05, 4.69) is 10.6 Å². The topological polar surface area (TPSA) is 61.4 Å². The first-order valence-electron chi connectivity index (χ1n) is 5.55. The molecule has 0 spiro atoms. The highest BCUT2D eigenvalue weighted by molar-refractivity contribution is 7.80. The van der Waals surface area contributed by atoms with Crippen molar-refractivity contribution >= 4 is 23.2 Å². The lowest BCUT2D eigenvalue weighted by atomic mass is 10.2. The highest BCUT2D eigenvalue weighted by atomic mass is 32.1. The van der Waals surface area contributed by atoms with Gasteiger partial charge >= 0.3 is 0 Å². The van der Waals surface area contributed by atoms with Crippen LogP contribution in [0.1, 0.15) is 23.7 Å². The van der Waals surface area contributed by atoms with Gasteiger partial charge in [-0.15, -0.1) is 0 Å². The first-order valence-corrected chi connectivity index (χ1v) is 5.96. The first kappa shape index (κ1) is 14.5. The summed E-state index contributed by atoms with van der Waals surface area (Å²) in [7, 11) is 0. The Balaban J connectivity index is 2.60. The summed E-state index contributed by atoms with van der Waals surface area (Å²) in [5, 5.41) is 14.2. The van der Waals surface area contributed by atoms with Gasteiger partial charge in [0.05, 0.1) is 18.2 Å². The second-order valence-electron chi connectivity index (χ2n) is 3.70. The average Bonchev–Trinajstić information content (AvgIpc) is 2.36. The first-order chi connectivity index (χ1) is 8.58. The molecule has 0 aliphatic rings. The van der Waals surface area contributed by atoms with Gasteiger partial charge in [0.1, 0.15) is 5.82 Å². The Labute approximate surface area is 110 Å². The summed E-state index contributed by atoms with van der Waals surface area (Å²) in [6, 6.07) is 5.42. The summed E-state index contributed by atoms with van der Waals surface area (Å²) in [6.07, 6.45) is 0.659. The molecule has 1 aromatic carbocycles. The van der Waals surface area contributed by atoms with Crippen LogP contribution < -0.4 is 10.6 Å². The van der Waals surface area contributed by atoms with Crippen molar-refractivity contribution in [2.45, 2.75) is 19.4 Å². The van der Waals surface area contributed by atoms with Crippen LogP contribution in [0.25, 0.3) is 0 Å². The van der Waals surface area contributed by atoms with E-state index in [4.69, 9.17) is 17.3 Å².